The van der Waals surface area contributed by atoms with Crippen LogP contribution in [0, 0.1) is 11.7 Å². The van der Waals surface area contributed by atoms with Gasteiger partial charge in [-0.15, -0.1) is 0 Å². The predicted octanol–water partition coefficient (Wildman–Crippen LogP) is 3.14. The summed E-state index contributed by atoms with van der Waals surface area (Å²) in [5.41, 5.74) is -2.37. The van der Waals surface area contributed by atoms with E-state index >= 15 is 0 Å². The Morgan fingerprint density at radius 3 is 2.74 bits per heavy atom. The number of amides is 1. The first-order chi connectivity index (χ1) is 12.6. The van der Waals surface area contributed by atoms with Crippen molar-refractivity contribution >= 4 is 6.09 Å². The van der Waals surface area contributed by atoms with Crippen LogP contribution in [-0.4, -0.2) is 50.4 Å². The van der Waals surface area contributed by atoms with E-state index in [0.717, 1.165) is 18.7 Å². The summed E-state index contributed by atoms with van der Waals surface area (Å²) in [6.45, 7) is 3.93. The molecular weight excluding hydrogens is 368 g/mol. The van der Waals surface area contributed by atoms with Crippen LogP contribution in [-0.2, 0) is 21.3 Å². The zero-order chi connectivity index (χ0) is 19.8. The Bertz CT molecular complexity index is 712. The number of nitrogens with one attached hydrogen (secondary N) is 1. The Labute approximate surface area is 154 Å². The average Bonchev–Trinajstić information content (AvgIpc) is 3.23. The van der Waals surface area contributed by atoms with Crippen molar-refractivity contribution in [3.63, 3.8) is 0 Å². The number of benzene rings is 1. The smallest absolute Gasteiger partial charge is 0.419 e. The Morgan fingerprint density at radius 2 is 2.15 bits per heavy atom. The van der Waals surface area contributed by atoms with Gasteiger partial charge in [0, 0.05) is 19.0 Å². The molecule has 27 heavy (non-hydrogen) atoms. The number of ether oxygens (including phenoxy) is 2. The summed E-state index contributed by atoms with van der Waals surface area (Å²) >= 11 is 0. The van der Waals surface area contributed by atoms with E-state index in [4.69, 9.17) is 9.47 Å². The Morgan fingerprint density at radius 1 is 1.44 bits per heavy atom. The maximum atomic E-state index is 13.5. The third-order valence-electron chi connectivity index (χ3n) is 5.28. The molecule has 2 fully saturated rings. The quantitative estimate of drug-likeness (QED) is 0.803. The first kappa shape index (κ1) is 19.9. The number of carbonyl (C=O) groups excluding carboxylic acids is 1. The number of hydrogen-bond acceptors (Lipinski definition) is 4. The van der Waals surface area contributed by atoms with Gasteiger partial charge in [0.2, 0.25) is 0 Å². The van der Waals surface area contributed by atoms with Crippen molar-refractivity contribution in [2.24, 2.45) is 5.92 Å². The Hall–Kier alpha value is -1.87. The predicted molar refractivity (Wildman–Crippen MR) is 88.6 cm³/mol. The number of hydrogen-bond donors (Lipinski definition) is 1. The maximum Gasteiger partial charge on any atom is 0.419 e. The monoisotopic (exact) mass is 390 g/mol. The first-order valence-electron chi connectivity index (χ1n) is 8.75. The lowest BCUT2D eigenvalue weighted by atomic mass is 10.0. The summed E-state index contributed by atoms with van der Waals surface area (Å²) in [5, 5.41) is 2.65. The van der Waals surface area contributed by atoms with Crippen LogP contribution in [0.4, 0.5) is 22.4 Å². The molecule has 1 heterocycles. The minimum Gasteiger partial charge on any atom is -0.438 e. The van der Waals surface area contributed by atoms with Crippen LogP contribution in [0.3, 0.4) is 0 Å². The summed E-state index contributed by atoms with van der Waals surface area (Å²) in [6, 6.07) is 2.74. The topological polar surface area (TPSA) is 50.8 Å². The molecule has 150 valence electrons. The molecule has 2 aliphatic rings. The van der Waals surface area contributed by atoms with Gasteiger partial charge in [-0.25, -0.2) is 9.18 Å². The van der Waals surface area contributed by atoms with E-state index in [-0.39, 0.29) is 17.5 Å². The van der Waals surface area contributed by atoms with Crippen LogP contribution < -0.4 is 5.32 Å². The molecule has 3 rings (SSSR count). The van der Waals surface area contributed by atoms with Crippen molar-refractivity contribution in [2.45, 2.75) is 31.2 Å². The lowest BCUT2D eigenvalue weighted by Crippen LogP contribution is -2.49. The molecule has 1 saturated heterocycles. The van der Waals surface area contributed by atoms with Gasteiger partial charge in [-0.2, -0.15) is 13.2 Å². The minimum atomic E-state index is -4.81. The summed E-state index contributed by atoms with van der Waals surface area (Å²) in [4.78, 5) is 14.3. The van der Waals surface area contributed by atoms with Crippen LogP contribution in [0.15, 0.2) is 18.2 Å². The molecule has 1 aromatic carbocycles. The summed E-state index contributed by atoms with van der Waals surface area (Å²) in [7, 11) is 1.92. The highest BCUT2D eigenvalue weighted by molar-refractivity contribution is 5.68. The van der Waals surface area contributed by atoms with Crippen molar-refractivity contribution in [1.29, 1.82) is 0 Å². The fourth-order valence-corrected chi connectivity index (χ4v) is 3.36. The van der Waals surface area contributed by atoms with Crippen molar-refractivity contribution in [3.8, 4) is 0 Å². The lowest BCUT2D eigenvalue weighted by molar-refractivity contribution is -0.140. The summed E-state index contributed by atoms with van der Waals surface area (Å²) < 4.78 is 63.3. The van der Waals surface area contributed by atoms with Gasteiger partial charge in [0.05, 0.1) is 24.8 Å². The zero-order valence-corrected chi connectivity index (χ0v) is 15.1. The second kappa shape index (κ2) is 7.27. The van der Waals surface area contributed by atoms with Gasteiger partial charge in [-0.3, -0.25) is 4.90 Å². The maximum absolute atomic E-state index is 13.5. The number of alkyl halides is 3. The van der Waals surface area contributed by atoms with E-state index in [9.17, 15) is 22.4 Å². The highest BCUT2D eigenvalue weighted by Gasteiger charge is 2.57. The van der Waals surface area contributed by atoms with Gasteiger partial charge in [-0.1, -0.05) is 13.0 Å². The van der Waals surface area contributed by atoms with Crippen LogP contribution in [0.5, 0.6) is 0 Å². The van der Waals surface area contributed by atoms with Gasteiger partial charge < -0.3 is 14.8 Å². The Balaban J connectivity index is 1.68. The van der Waals surface area contributed by atoms with E-state index in [0.29, 0.717) is 26.2 Å². The molecule has 1 saturated carbocycles. The van der Waals surface area contributed by atoms with E-state index in [1.54, 1.807) is 6.92 Å². The van der Waals surface area contributed by atoms with Crippen LogP contribution >= 0.6 is 0 Å². The first-order valence-corrected chi connectivity index (χ1v) is 8.75. The van der Waals surface area contributed by atoms with E-state index in [2.05, 4.69) is 10.2 Å². The van der Waals surface area contributed by atoms with Crippen molar-refractivity contribution in [1.82, 2.24) is 10.2 Å². The third-order valence-corrected chi connectivity index (χ3v) is 5.28. The van der Waals surface area contributed by atoms with E-state index in [1.165, 1.54) is 6.07 Å². The molecule has 1 aliphatic carbocycles. The number of carbonyl (C=O) groups is 1. The van der Waals surface area contributed by atoms with Crippen LogP contribution in [0.2, 0.25) is 0 Å². The minimum absolute atomic E-state index is 0.00142. The van der Waals surface area contributed by atoms with Crippen LogP contribution in [0.1, 0.15) is 24.5 Å². The van der Waals surface area contributed by atoms with Crippen molar-refractivity contribution in [3.05, 3.63) is 35.1 Å². The molecule has 0 spiro atoms. The van der Waals surface area contributed by atoms with Crippen molar-refractivity contribution in [2.75, 3.05) is 33.4 Å². The highest BCUT2D eigenvalue weighted by atomic mass is 19.4. The molecule has 0 aromatic heterocycles. The van der Waals surface area contributed by atoms with Gasteiger partial charge in [-0.05, 0) is 31.2 Å². The Kier molecular flexibility index (Phi) is 5.36. The zero-order valence-electron chi connectivity index (χ0n) is 15.1. The molecule has 1 N–H and O–H groups in total. The second-order valence-electron chi connectivity index (χ2n) is 7.17. The average molecular weight is 390 g/mol. The summed E-state index contributed by atoms with van der Waals surface area (Å²) in [6.07, 6.45) is -5.14. The molecule has 0 bridgehead atoms. The lowest BCUT2D eigenvalue weighted by Gasteiger charge is -2.32. The fraction of sp³-hybridized carbons (Fsp3) is 0.611. The van der Waals surface area contributed by atoms with Crippen molar-refractivity contribution < 1.29 is 31.8 Å². The number of likely N-dealkylation sites (N-methyl/N-ethyl adjacent to an activating group) is 1. The number of alkyl carbamates (subject to hydrolysis) is 1. The molecule has 3 atom stereocenters. The number of rotatable bonds is 4. The van der Waals surface area contributed by atoms with Gasteiger partial charge in [0.1, 0.15) is 11.4 Å². The molecule has 5 nitrogen and oxygen atoms in total. The highest BCUT2D eigenvalue weighted by Crippen LogP contribution is 2.55. The van der Waals surface area contributed by atoms with Gasteiger partial charge >= 0.3 is 12.3 Å². The molecule has 0 radical (unpaired) electrons. The fourth-order valence-electron chi connectivity index (χ4n) is 3.36. The molecule has 9 heteroatoms. The molecule has 1 amide bonds. The standard InChI is InChI=1S/C18H22F4N2O3/c1-11-8-17(11,12-3-4-15(19)14(7-12)18(20,21)22)27-16(25)23-9-13-10-26-6-5-24(13)2/h3-4,7,11,13H,5-6,8-10H2,1-2H3,(H,23,25)/t11?,13?,17-/m0/s1. The largest absolute Gasteiger partial charge is 0.438 e. The second-order valence-corrected chi connectivity index (χ2v) is 7.17. The van der Waals surface area contributed by atoms with E-state index in [1.807, 2.05) is 7.05 Å². The SMILES string of the molecule is CC1C[C@@]1(OC(=O)NCC1COCCN1C)c1ccc(F)c(C(F)(F)F)c1. The number of nitrogens with zero attached hydrogens (tertiary/aromatic N) is 1. The summed E-state index contributed by atoms with van der Waals surface area (Å²) in [5.74, 6) is -1.50. The number of morpholine rings is 1. The van der Waals surface area contributed by atoms with Crippen LogP contribution in [0.25, 0.3) is 0 Å². The molecule has 1 aliphatic heterocycles. The van der Waals surface area contributed by atoms with E-state index < -0.39 is 29.3 Å². The molecular formula is C18H22F4N2O3. The normalized spacial score (nSPS) is 28.7. The van der Waals surface area contributed by atoms with Gasteiger partial charge in [0.15, 0.2) is 0 Å². The molecule has 1 aromatic rings. The van der Waals surface area contributed by atoms with Gasteiger partial charge in [0.25, 0.3) is 0 Å². The molecule has 2 unspecified atom stereocenters. The third kappa shape index (κ3) is 4.19. The number of halogens is 4.